The fourth-order valence-corrected chi connectivity index (χ4v) is 4.26. The van der Waals surface area contributed by atoms with Crippen molar-refractivity contribution < 1.29 is 28.5 Å². The predicted octanol–water partition coefficient (Wildman–Crippen LogP) is 6.02. The molecule has 0 aliphatic carbocycles. The van der Waals surface area contributed by atoms with Crippen molar-refractivity contribution in [1.82, 2.24) is 5.32 Å². The molecule has 1 N–H and O–H groups in total. The van der Waals surface area contributed by atoms with Gasteiger partial charge in [-0.1, -0.05) is 66.7 Å². The van der Waals surface area contributed by atoms with Gasteiger partial charge in [0.2, 0.25) is 5.75 Å². The largest absolute Gasteiger partial charge is 0.493 e. The number of hydrogen-bond acceptors (Lipinski definition) is 6. The molecule has 0 aromatic heterocycles. The molecule has 0 bridgehead atoms. The third kappa shape index (κ3) is 6.50. The zero-order chi connectivity index (χ0) is 28.5. The van der Waals surface area contributed by atoms with Crippen molar-refractivity contribution in [2.75, 3.05) is 28.4 Å². The van der Waals surface area contributed by atoms with Gasteiger partial charge in [-0.2, -0.15) is 0 Å². The Morgan fingerprint density at radius 3 is 1.82 bits per heavy atom. The zero-order valence-corrected chi connectivity index (χ0v) is 22.9. The highest BCUT2D eigenvalue weighted by atomic mass is 16.5. The third-order valence-corrected chi connectivity index (χ3v) is 6.37. The van der Waals surface area contributed by atoms with E-state index in [2.05, 4.69) is 5.32 Å². The molecular formula is C33H31NO6. The van der Waals surface area contributed by atoms with E-state index in [4.69, 9.17) is 18.9 Å². The first-order valence-corrected chi connectivity index (χ1v) is 12.6. The average molecular weight is 538 g/mol. The number of carbonyl (C=O) groups excluding carboxylic acids is 2. The van der Waals surface area contributed by atoms with Gasteiger partial charge in [0, 0.05) is 12.1 Å². The molecule has 0 spiro atoms. The van der Waals surface area contributed by atoms with Gasteiger partial charge in [-0.15, -0.1) is 0 Å². The topological polar surface area (TPSA) is 83.1 Å². The van der Waals surface area contributed by atoms with Crippen molar-refractivity contribution in [3.05, 3.63) is 113 Å². The van der Waals surface area contributed by atoms with Crippen LogP contribution in [0.1, 0.15) is 27.0 Å². The Hall–Kier alpha value is -5.04. The van der Waals surface area contributed by atoms with E-state index in [-0.39, 0.29) is 12.5 Å². The number of methoxy groups -OCH3 is 4. The summed E-state index contributed by atoms with van der Waals surface area (Å²) in [7, 11) is 5.98. The summed E-state index contributed by atoms with van der Waals surface area (Å²) >= 11 is 0. The summed E-state index contributed by atoms with van der Waals surface area (Å²) in [6.07, 6.45) is 1.79. The van der Waals surface area contributed by atoms with Crippen LogP contribution in [0.4, 0.5) is 0 Å². The fraction of sp³-hybridized carbons (Fsp3) is 0.152. The van der Waals surface area contributed by atoms with Crippen LogP contribution in [0.5, 0.6) is 17.2 Å². The van der Waals surface area contributed by atoms with Crippen LogP contribution >= 0.6 is 0 Å². The van der Waals surface area contributed by atoms with Crippen molar-refractivity contribution >= 4 is 23.5 Å². The summed E-state index contributed by atoms with van der Waals surface area (Å²) in [4.78, 5) is 25.3. The van der Waals surface area contributed by atoms with E-state index in [1.165, 1.54) is 7.11 Å². The molecule has 0 unspecified atom stereocenters. The lowest BCUT2D eigenvalue weighted by Gasteiger charge is -2.14. The molecule has 0 aliphatic rings. The first kappa shape index (κ1) is 28.0. The average Bonchev–Trinajstić information content (AvgIpc) is 3.02. The van der Waals surface area contributed by atoms with Crippen molar-refractivity contribution in [2.24, 2.45) is 0 Å². The smallest absolute Gasteiger partial charge is 0.337 e. The van der Waals surface area contributed by atoms with E-state index in [1.807, 2.05) is 54.6 Å². The second-order valence-corrected chi connectivity index (χ2v) is 8.83. The SMILES string of the molecule is COC(=O)c1ccc(CNC(=O)/C(=C/c2cc(OC)c(OC)c(OC)c2)c2ccc(-c3ccccc3)cc2)cc1. The molecule has 7 heteroatoms. The second-order valence-electron chi connectivity index (χ2n) is 8.83. The van der Waals surface area contributed by atoms with Gasteiger partial charge in [0.05, 0.1) is 34.0 Å². The van der Waals surface area contributed by atoms with Gasteiger partial charge < -0.3 is 24.3 Å². The summed E-state index contributed by atoms with van der Waals surface area (Å²) in [5.41, 5.74) is 5.32. The van der Waals surface area contributed by atoms with Gasteiger partial charge in [0.15, 0.2) is 11.5 Å². The predicted molar refractivity (Wildman–Crippen MR) is 155 cm³/mol. The van der Waals surface area contributed by atoms with Crippen LogP contribution in [0.15, 0.2) is 91.0 Å². The summed E-state index contributed by atoms with van der Waals surface area (Å²) in [5.74, 6) is 0.759. The molecule has 0 aliphatic heterocycles. The van der Waals surface area contributed by atoms with E-state index in [9.17, 15) is 9.59 Å². The minimum absolute atomic E-state index is 0.266. The highest BCUT2D eigenvalue weighted by Crippen LogP contribution is 2.39. The number of esters is 1. The Labute approximate surface area is 234 Å². The number of ether oxygens (including phenoxy) is 4. The Balaban J connectivity index is 1.68. The Morgan fingerprint density at radius 2 is 1.27 bits per heavy atom. The van der Waals surface area contributed by atoms with E-state index >= 15 is 0 Å². The number of carbonyl (C=O) groups is 2. The maximum Gasteiger partial charge on any atom is 0.337 e. The van der Waals surface area contributed by atoms with Crippen LogP contribution in [-0.4, -0.2) is 40.3 Å². The molecule has 0 fully saturated rings. The molecule has 0 radical (unpaired) electrons. The Morgan fingerprint density at radius 1 is 0.700 bits per heavy atom. The number of benzene rings is 4. The van der Waals surface area contributed by atoms with Gasteiger partial charge in [-0.25, -0.2) is 4.79 Å². The van der Waals surface area contributed by atoms with Crippen LogP contribution in [-0.2, 0) is 16.1 Å². The summed E-state index contributed by atoms with van der Waals surface area (Å²) in [5, 5.41) is 3.00. The minimum atomic E-state index is -0.412. The van der Waals surface area contributed by atoms with E-state index < -0.39 is 5.97 Å². The Bertz CT molecular complexity index is 1470. The minimum Gasteiger partial charge on any atom is -0.493 e. The Kier molecular flexibility index (Phi) is 9.20. The molecule has 0 saturated heterocycles. The van der Waals surface area contributed by atoms with Gasteiger partial charge in [-0.3, -0.25) is 4.79 Å². The van der Waals surface area contributed by atoms with Gasteiger partial charge in [0.25, 0.3) is 5.91 Å². The maximum atomic E-state index is 13.6. The third-order valence-electron chi connectivity index (χ3n) is 6.37. The van der Waals surface area contributed by atoms with Crippen LogP contribution in [0, 0.1) is 0 Å². The molecule has 0 heterocycles. The number of nitrogens with one attached hydrogen (secondary N) is 1. The maximum absolute atomic E-state index is 13.6. The van der Waals surface area contributed by atoms with Crippen molar-refractivity contribution in [3.63, 3.8) is 0 Å². The van der Waals surface area contributed by atoms with Crippen molar-refractivity contribution in [2.45, 2.75) is 6.54 Å². The summed E-state index contributed by atoms with van der Waals surface area (Å²) < 4.78 is 21.2. The molecule has 7 nitrogen and oxygen atoms in total. The quantitative estimate of drug-likeness (QED) is 0.151. The highest BCUT2D eigenvalue weighted by molar-refractivity contribution is 6.24. The summed E-state index contributed by atoms with van der Waals surface area (Å²) in [6.45, 7) is 0.273. The molecule has 40 heavy (non-hydrogen) atoms. The number of amides is 1. The van der Waals surface area contributed by atoms with Crippen molar-refractivity contribution in [1.29, 1.82) is 0 Å². The highest BCUT2D eigenvalue weighted by Gasteiger charge is 2.17. The summed E-state index contributed by atoms with van der Waals surface area (Å²) in [6, 6.07) is 28.4. The molecule has 4 aromatic carbocycles. The fourth-order valence-electron chi connectivity index (χ4n) is 4.26. The second kappa shape index (κ2) is 13.2. The van der Waals surface area contributed by atoms with Gasteiger partial charge in [0.1, 0.15) is 0 Å². The molecular weight excluding hydrogens is 506 g/mol. The van der Waals surface area contributed by atoms with E-state index in [0.717, 1.165) is 22.3 Å². The van der Waals surface area contributed by atoms with Crippen molar-refractivity contribution in [3.8, 4) is 28.4 Å². The normalized spacial score (nSPS) is 10.9. The number of rotatable bonds is 10. The van der Waals surface area contributed by atoms with Crippen LogP contribution < -0.4 is 19.5 Å². The molecule has 204 valence electrons. The van der Waals surface area contributed by atoms with Gasteiger partial charge in [-0.05, 0) is 58.2 Å². The lowest BCUT2D eigenvalue weighted by Crippen LogP contribution is -2.24. The molecule has 0 atom stereocenters. The lowest BCUT2D eigenvalue weighted by molar-refractivity contribution is -0.115. The molecule has 4 rings (SSSR count). The van der Waals surface area contributed by atoms with Crippen LogP contribution in [0.3, 0.4) is 0 Å². The first-order chi connectivity index (χ1) is 19.5. The monoisotopic (exact) mass is 537 g/mol. The molecule has 0 saturated carbocycles. The molecule has 4 aromatic rings. The van der Waals surface area contributed by atoms with E-state index in [1.54, 1.807) is 63.8 Å². The van der Waals surface area contributed by atoms with E-state index in [0.29, 0.717) is 33.9 Å². The standard InChI is InChI=1S/C33H31NO6/c1-37-29-19-23(20-30(38-2)31(29)39-3)18-28(26-16-14-25(15-17-26)24-8-6-5-7-9-24)32(35)34-21-22-10-12-27(13-11-22)33(36)40-4/h5-20H,21H2,1-4H3,(H,34,35)/b28-18+. The number of hydrogen-bond donors (Lipinski definition) is 1. The first-order valence-electron chi connectivity index (χ1n) is 12.6. The lowest BCUT2D eigenvalue weighted by atomic mass is 9.98. The van der Waals surface area contributed by atoms with Crippen LogP contribution in [0.25, 0.3) is 22.8 Å². The zero-order valence-electron chi connectivity index (χ0n) is 22.9. The van der Waals surface area contributed by atoms with Crippen LogP contribution in [0.2, 0.25) is 0 Å². The molecule has 1 amide bonds. The van der Waals surface area contributed by atoms with Gasteiger partial charge >= 0.3 is 5.97 Å².